The molecule has 0 spiro atoms. The maximum absolute atomic E-state index is 13.6. The summed E-state index contributed by atoms with van der Waals surface area (Å²) >= 11 is 0. The number of hydrogen-bond donors (Lipinski definition) is 1. The second kappa shape index (κ2) is 9.58. The number of aromatic nitrogens is 2. The van der Waals surface area contributed by atoms with Crippen LogP contribution in [0.2, 0.25) is 0 Å². The second-order valence-electron chi connectivity index (χ2n) is 9.98. The molecule has 0 bridgehead atoms. The van der Waals surface area contributed by atoms with Gasteiger partial charge < -0.3 is 5.32 Å². The number of carbonyl (C=O) groups excluding carboxylic acids is 1. The zero-order valence-corrected chi connectivity index (χ0v) is 21.8. The molecule has 0 aliphatic carbocycles. The Morgan fingerprint density at radius 2 is 1.84 bits per heavy atom. The van der Waals surface area contributed by atoms with Gasteiger partial charge in [0.05, 0.1) is 18.6 Å². The zero-order chi connectivity index (χ0) is 26.2. The summed E-state index contributed by atoms with van der Waals surface area (Å²) < 4.78 is 1.91. The number of fused-ring (bicyclic) bond motifs is 3. The van der Waals surface area contributed by atoms with Crippen molar-refractivity contribution in [2.24, 2.45) is 4.99 Å². The van der Waals surface area contributed by atoms with Gasteiger partial charge in [0.2, 0.25) is 5.96 Å². The maximum atomic E-state index is 13.6. The first-order valence-corrected chi connectivity index (χ1v) is 12.4. The largest absolute Gasteiger partial charge is 0.338 e. The highest BCUT2D eigenvalue weighted by atomic mass is 16.2. The molecule has 1 amide bonds. The number of guanidine groups is 1. The Labute approximate surface area is 218 Å². The minimum absolute atomic E-state index is 0.119. The number of nitrogens with zero attached hydrogens (tertiary/aromatic N) is 5. The Morgan fingerprint density at radius 3 is 2.54 bits per heavy atom. The smallest absolute Gasteiger partial charge is 0.267 e. The summed E-state index contributed by atoms with van der Waals surface area (Å²) in [6.07, 6.45) is 7.95. The Hall–Kier alpha value is -4.39. The van der Waals surface area contributed by atoms with Crippen molar-refractivity contribution in [3.63, 3.8) is 0 Å². The van der Waals surface area contributed by atoms with Gasteiger partial charge in [-0.25, -0.2) is 9.67 Å². The van der Waals surface area contributed by atoms with Gasteiger partial charge in [-0.15, -0.1) is 0 Å². The molecule has 5 rings (SSSR count). The maximum Gasteiger partial charge on any atom is 0.267 e. The summed E-state index contributed by atoms with van der Waals surface area (Å²) in [6.45, 7) is 11.5. The summed E-state index contributed by atoms with van der Waals surface area (Å²) in [5, 5.41) is 8.28. The van der Waals surface area contributed by atoms with Crippen molar-refractivity contribution in [3.8, 4) is 0 Å². The lowest BCUT2D eigenvalue weighted by Crippen LogP contribution is -2.49. The fraction of sp³-hybridized carbons (Fsp3) is 0.233. The van der Waals surface area contributed by atoms with Crippen LogP contribution in [0.1, 0.15) is 42.3 Å². The van der Waals surface area contributed by atoms with Gasteiger partial charge in [0.25, 0.3) is 5.91 Å². The highest BCUT2D eigenvalue weighted by molar-refractivity contribution is 6.21. The number of rotatable bonds is 7. The van der Waals surface area contributed by atoms with Crippen LogP contribution in [-0.2, 0) is 6.54 Å². The molecule has 3 aromatic rings. The van der Waals surface area contributed by atoms with E-state index in [2.05, 4.69) is 54.9 Å². The first kappa shape index (κ1) is 24.3. The lowest BCUT2D eigenvalue weighted by atomic mass is 10.0. The van der Waals surface area contributed by atoms with E-state index in [1.807, 2.05) is 66.2 Å². The Kier molecular flexibility index (Phi) is 6.29. The monoisotopic (exact) mass is 492 g/mol. The molecule has 0 atom stereocenters. The number of aliphatic imine (C=N–C) groups is 1. The molecule has 37 heavy (non-hydrogen) atoms. The number of hydrogen-bond acceptors (Lipinski definition) is 5. The normalized spacial score (nSPS) is 16.3. The lowest BCUT2D eigenvalue weighted by molar-refractivity contribution is 0.0866. The van der Waals surface area contributed by atoms with Crippen LogP contribution in [0.15, 0.2) is 90.5 Å². The lowest BCUT2D eigenvalue weighted by Gasteiger charge is -2.32. The molecule has 188 valence electrons. The van der Waals surface area contributed by atoms with Gasteiger partial charge >= 0.3 is 0 Å². The molecule has 7 nitrogen and oxygen atoms in total. The quantitative estimate of drug-likeness (QED) is 0.420. The van der Waals surface area contributed by atoms with Crippen molar-refractivity contribution in [2.45, 2.75) is 32.9 Å². The van der Waals surface area contributed by atoms with Crippen molar-refractivity contribution in [2.75, 3.05) is 23.8 Å². The van der Waals surface area contributed by atoms with Gasteiger partial charge in [-0.2, -0.15) is 5.10 Å². The van der Waals surface area contributed by atoms with Crippen LogP contribution >= 0.6 is 0 Å². The van der Waals surface area contributed by atoms with Crippen molar-refractivity contribution < 1.29 is 4.79 Å². The van der Waals surface area contributed by atoms with E-state index in [-0.39, 0.29) is 11.4 Å². The average molecular weight is 493 g/mol. The van der Waals surface area contributed by atoms with Gasteiger partial charge in [-0.3, -0.25) is 14.6 Å². The van der Waals surface area contributed by atoms with E-state index in [0.717, 1.165) is 28.2 Å². The third-order valence-electron chi connectivity index (χ3n) is 6.48. The molecule has 0 radical (unpaired) electrons. The molecule has 1 N–H and O–H groups in total. The predicted molar refractivity (Wildman–Crippen MR) is 151 cm³/mol. The number of allylic oxidation sites excluding steroid dienone is 5. The molecular formula is C30H32N6O. The van der Waals surface area contributed by atoms with E-state index in [0.29, 0.717) is 30.4 Å². The van der Waals surface area contributed by atoms with Gasteiger partial charge in [0.1, 0.15) is 11.4 Å². The molecule has 0 saturated heterocycles. The predicted octanol–water partition coefficient (Wildman–Crippen LogP) is 5.86. The third kappa shape index (κ3) is 4.72. The Bertz CT molecular complexity index is 1430. The van der Waals surface area contributed by atoms with Crippen LogP contribution < -0.4 is 10.2 Å². The Morgan fingerprint density at radius 1 is 1.11 bits per heavy atom. The fourth-order valence-corrected chi connectivity index (χ4v) is 4.66. The van der Waals surface area contributed by atoms with Crippen LogP contribution in [0.3, 0.4) is 0 Å². The number of nitrogens with one attached hydrogen (secondary N) is 1. The molecule has 2 aromatic carbocycles. The average Bonchev–Trinajstić information content (AvgIpc) is 3.40. The van der Waals surface area contributed by atoms with Crippen LogP contribution in [-0.4, -0.2) is 45.7 Å². The van der Waals surface area contributed by atoms with E-state index in [1.54, 1.807) is 11.9 Å². The van der Waals surface area contributed by atoms with Crippen LogP contribution in [0.4, 0.5) is 17.3 Å². The first-order chi connectivity index (χ1) is 17.8. The van der Waals surface area contributed by atoms with E-state index in [9.17, 15) is 4.79 Å². The van der Waals surface area contributed by atoms with Crippen LogP contribution in [0.25, 0.3) is 5.57 Å². The number of amides is 1. The Balaban J connectivity index is 1.52. The third-order valence-corrected chi connectivity index (χ3v) is 6.48. The second-order valence-corrected chi connectivity index (χ2v) is 9.98. The van der Waals surface area contributed by atoms with E-state index in [4.69, 9.17) is 10.1 Å². The summed E-state index contributed by atoms with van der Waals surface area (Å²) in [4.78, 5) is 22.2. The molecule has 2 aliphatic rings. The van der Waals surface area contributed by atoms with Crippen LogP contribution in [0, 0.1) is 0 Å². The summed E-state index contributed by atoms with van der Waals surface area (Å²) in [5.74, 6) is 1.86. The molecular weight excluding hydrogens is 460 g/mol. The minimum Gasteiger partial charge on any atom is -0.338 e. The van der Waals surface area contributed by atoms with Gasteiger partial charge in [0, 0.05) is 12.7 Å². The number of para-hydroxylation sites is 1. The highest BCUT2D eigenvalue weighted by Gasteiger charge is 2.45. The van der Waals surface area contributed by atoms with Gasteiger partial charge in [-0.05, 0) is 49.6 Å². The fourth-order valence-electron chi connectivity index (χ4n) is 4.66. The van der Waals surface area contributed by atoms with E-state index < -0.39 is 0 Å². The minimum atomic E-state index is -0.309. The van der Waals surface area contributed by atoms with E-state index >= 15 is 0 Å². The van der Waals surface area contributed by atoms with Gasteiger partial charge in [-0.1, -0.05) is 73.3 Å². The van der Waals surface area contributed by atoms with Gasteiger partial charge in [0.15, 0.2) is 5.82 Å². The van der Waals surface area contributed by atoms with Crippen LogP contribution in [0.5, 0.6) is 0 Å². The van der Waals surface area contributed by atoms with Crippen molar-refractivity contribution in [1.82, 2.24) is 14.7 Å². The molecule has 2 aliphatic heterocycles. The summed E-state index contributed by atoms with van der Waals surface area (Å²) in [5.41, 5.74) is 4.21. The van der Waals surface area contributed by atoms with Crippen molar-refractivity contribution in [1.29, 1.82) is 0 Å². The zero-order valence-electron chi connectivity index (χ0n) is 21.8. The molecule has 3 heterocycles. The first-order valence-electron chi connectivity index (χ1n) is 12.4. The summed E-state index contributed by atoms with van der Waals surface area (Å²) in [7, 11) is 1.78. The number of carbonyl (C=O) groups is 1. The number of benzene rings is 2. The van der Waals surface area contributed by atoms with Crippen molar-refractivity contribution in [3.05, 3.63) is 102 Å². The van der Waals surface area contributed by atoms with E-state index in [1.165, 1.54) is 0 Å². The number of anilines is 3. The van der Waals surface area contributed by atoms with Crippen molar-refractivity contribution >= 4 is 34.8 Å². The SMILES string of the molecule is C=C(/C=C\C=C/C)c1ccc(Cn2nc(Nc3ccccc3)c3c2N2CC(C)(C)N=C2N(C)C3=O)cc1. The molecule has 0 fully saturated rings. The summed E-state index contributed by atoms with van der Waals surface area (Å²) in [6, 6.07) is 18.1. The molecule has 0 saturated carbocycles. The highest BCUT2D eigenvalue weighted by Crippen LogP contribution is 2.39. The molecule has 0 unspecified atom stereocenters. The topological polar surface area (TPSA) is 65.8 Å². The molecule has 7 heteroatoms. The molecule has 1 aromatic heterocycles. The standard InChI is InChI=1S/C30H32N6O/c1-6-7-9-12-21(2)23-17-15-22(16-18-23)19-36-27-25(26(33-36)31-24-13-10-8-11-14-24)28(37)34(5)29-32-30(3,4)20-35(27)29/h6-18H,2,19-20H2,1,3-5H3,(H,31,33)/b7-6-,12-9-.